The van der Waals surface area contributed by atoms with Gasteiger partial charge in [-0.05, 0) is 30.2 Å². The molecule has 3 heteroatoms. The van der Waals surface area contributed by atoms with Gasteiger partial charge in [-0.1, -0.05) is 30.4 Å². The first-order valence-electron chi connectivity index (χ1n) is 2.85. The quantitative estimate of drug-likeness (QED) is 0.487. The predicted octanol–water partition coefficient (Wildman–Crippen LogP) is 3.04. The highest BCUT2D eigenvalue weighted by atomic mass is 32.1. The van der Waals surface area contributed by atoms with Gasteiger partial charge in [-0.15, -0.1) is 0 Å². The Labute approximate surface area is 76.8 Å². The summed E-state index contributed by atoms with van der Waals surface area (Å²) in [7, 11) is 0. The largest absolute Gasteiger partial charge is 0.195 e. The van der Waals surface area contributed by atoms with Gasteiger partial charge >= 0.3 is 0 Å². The van der Waals surface area contributed by atoms with Crippen LogP contribution in [0.2, 0.25) is 0 Å². The lowest BCUT2D eigenvalue weighted by Gasteiger charge is -1.83. The third kappa shape index (κ3) is 4.51. The molecule has 0 aromatic heterocycles. The fourth-order valence-corrected chi connectivity index (χ4v) is 0.661. The highest BCUT2D eigenvalue weighted by Crippen LogP contribution is 2.07. The minimum Gasteiger partial charge on any atom is -0.195 e. The van der Waals surface area contributed by atoms with Gasteiger partial charge in [0, 0.05) is 0 Å². The molecule has 0 amide bonds. The van der Waals surface area contributed by atoms with Crippen LogP contribution in [0.25, 0.3) is 0 Å². The van der Waals surface area contributed by atoms with E-state index in [0.29, 0.717) is 0 Å². The van der Waals surface area contributed by atoms with E-state index >= 15 is 0 Å². The van der Waals surface area contributed by atoms with Crippen molar-refractivity contribution in [3.63, 3.8) is 0 Å². The van der Waals surface area contributed by atoms with Gasteiger partial charge in [0.05, 0.1) is 10.8 Å². The Bertz CT molecular complexity index is 240. The molecule has 0 aliphatic carbocycles. The smallest absolute Gasteiger partial charge is 0.0739 e. The molecule has 0 radical (unpaired) electrons. The van der Waals surface area contributed by atoms with E-state index in [9.17, 15) is 0 Å². The number of aliphatic imine (C=N–C) groups is 1. The monoisotopic (exact) mass is 181 g/mol. The maximum atomic E-state index is 4.42. The van der Waals surface area contributed by atoms with E-state index in [1.54, 1.807) is 0 Å². The molecule has 1 aromatic carbocycles. The summed E-state index contributed by atoms with van der Waals surface area (Å²) < 4.78 is 0. The van der Waals surface area contributed by atoms with Crippen LogP contribution in [0, 0.1) is 0 Å². The fraction of sp³-hybridized carbons (Fsp3) is 0. The predicted molar refractivity (Wildman–Crippen MR) is 55.8 cm³/mol. The summed E-state index contributed by atoms with van der Waals surface area (Å²) in [6, 6.07) is 9.50. The number of thiocarbonyl (C=S) groups is 2. The van der Waals surface area contributed by atoms with Gasteiger partial charge < -0.3 is 0 Å². The molecule has 0 atom stereocenters. The highest BCUT2D eigenvalue weighted by molar-refractivity contribution is 7.78. The molecule has 1 aromatic rings. The van der Waals surface area contributed by atoms with Crippen molar-refractivity contribution in [3.05, 3.63) is 30.3 Å². The van der Waals surface area contributed by atoms with Crippen molar-refractivity contribution in [2.45, 2.75) is 0 Å². The van der Waals surface area contributed by atoms with E-state index in [2.05, 4.69) is 40.5 Å². The molecular formula is C8H7NS2. The van der Waals surface area contributed by atoms with E-state index in [0.717, 1.165) is 5.69 Å². The number of nitrogens with zero attached hydrogens (tertiary/aromatic N) is 1. The first-order valence-corrected chi connectivity index (χ1v) is 3.84. The Morgan fingerprint density at radius 2 is 1.73 bits per heavy atom. The molecule has 0 heterocycles. The topological polar surface area (TPSA) is 12.4 Å². The summed E-state index contributed by atoms with van der Waals surface area (Å²) in [6.07, 6.45) is 0. The number of para-hydroxylation sites is 1. The molecule has 0 bridgehead atoms. The molecule has 0 saturated heterocycles. The zero-order valence-electron chi connectivity index (χ0n) is 5.86. The van der Waals surface area contributed by atoms with Crippen molar-refractivity contribution in [3.8, 4) is 0 Å². The Morgan fingerprint density at radius 3 is 2.18 bits per heavy atom. The van der Waals surface area contributed by atoms with E-state index in [1.807, 2.05) is 30.3 Å². The van der Waals surface area contributed by atoms with Gasteiger partial charge in [-0.2, -0.15) is 4.99 Å². The second kappa shape index (κ2) is 7.22. The molecule has 0 saturated carbocycles. The zero-order chi connectivity index (χ0) is 8.53. The molecule has 1 rings (SSSR count). The Balaban J connectivity index is 0.000000461. The summed E-state index contributed by atoms with van der Waals surface area (Å²) in [5.74, 6) is 2.83. The van der Waals surface area contributed by atoms with Crippen molar-refractivity contribution in [1.29, 1.82) is 0 Å². The van der Waals surface area contributed by atoms with Crippen LogP contribution >= 0.6 is 24.4 Å². The van der Waals surface area contributed by atoms with Gasteiger partial charge in [0.15, 0.2) is 0 Å². The molecule has 0 aliphatic heterocycles. The van der Waals surface area contributed by atoms with Crippen molar-refractivity contribution in [2.75, 3.05) is 0 Å². The molecular weight excluding hydrogens is 174 g/mol. The standard InChI is InChI=1S/C7H5NS.CH2S/c9-6-8-7-4-2-1-3-5-7;1-2/h1-5H;1H2. The van der Waals surface area contributed by atoms with Crippen LogP contribution in [0.1, 0.15) is 0 Å². The van der Waals surface area contributed by atoms with E-state index in [4.69, 9.17) is 0 Å². The second-order valence-electron chi connectivity index (χ2n) is 1.54. The fourth-order valence-electron chi connectivity index (χ4n) is 0.555. The third-order valence-electron chi connectivity index (χ3n) is 0.931. The minimum atomic E-state index is 0.854. The van der Waals surface area contributed by atoms with Gasteiger partial charge in [0.2, 0.25) is 0 Å². The average molecular weight is 181 g/mol. The Kier molecular flexibility index (Phi) is 6.64. The molecule has 0 spiro atoms. The molecule has 0 aliphatic rings. The summed E-state index contributed by atoms with van der Waals surface area (Å²) in [6.45, 7) is 0. The lowest BCUT2D eigenvalue weighted by Crippen LogP contribution is -1.58. The van der Waals surface area contributed by atoms with E-state index < -0.39 is 0 Å². The van der Waals surface area contributed by atoms with Crippen LogP contribution in [0.5, 0.6) is 0 Å². The first kappa shape index (κ1) is 10.1. The third-order valence-corrected chi connectivity index (χ3v) is 1.02. The van der Waals surface area contributed by atoms with E-state index in [1.165, 1.54) is 0 Å². The minimum absolute atomic E-state index is 0.854. The number of rotatable bonds is 1. The van der Waals surface area contributed by atoms with Crippen LogP contribution in [-0.2, 0) is 0 Å². The van der Waals surface area contributed by atoms with Crippen molar-refractivity contribution >= 4 is 41.2 Å². The molecule has 0 N–H and O–H groups in total. The van der Waals surface area contributed by atoms with E-state index in [-0.39, 0.29) is 0 Å². The number of hydrogen-bond donors (Lipinski definition) is 0. The van der Waals surface area contributed by atoms with Gasteiger partial charge in [-0.25, -0.2) is 0 Å². The van der Waals surface area contributed by atoms with Crippen LogP contribution < -0.4 is 0 Å². The summed E-state index contributed by atoms with van der Waals surface area (Å²) in [5.41, 5.74) is 0.854. The van der Waals surface area contributed by atoms with Gasteiger partial charge in [0.25, 0.3) is 0 Å². The van der Waals surface area contributed by atoms with Crippen molar-refractivity contribution in [1.82, 2.24) is 0 Å². The van der Waals surface area contributed by atoms with Crippen LogP contribution in [0.3, 0.4) is 0 Å². The lowest BCUT2D eigenvalue weighted by molar-refractivity contribution is 1.55. The molecule has 0 fully saturated rings. The summed E-state index contributed by atoms with van der Waals surface area (Å²) in [5, 5.41) is 2.29. The second-order valence-corrected chi connectivity index (χ2v) is 1.72. The van der Waals surface area contributed by atoms with Crippen LogP contribution in [0.15, 0.2) is 35.3 Å². The zero-order valence-corrected chi connectivity index (χ0v) is 7.49. The first-order chi connectivity index (χ1) is 5.43. The highest BCUT2D eigenvalue weighted by Gasteiger charge is 1.79. The van der Waals surface area contributed by atoms with Crippen LogP contribution in [-0.4, -0.2) is 11.0 Å². The maximum absolute atomic E-state index is 4.42. The van der Waals surface area contributed by atoms with Crippen LogP contribution in [0.4, 0.5) is 5.69 Å². The van der Waals surface area contributed by atoms with Gasteiger partial charge in [-0.3, -0.25) is 0 Å². The Hall–Kier alpha value is -0.890. The average Bonchev–Trinajstić information content (AvgIpc) is 2.11. The molecule has 0 unspecified atom stereocenters. The Morgan fingerprint density at radius 1 is 1.18 bits per heavy atom. The normalized spacial score (nSPS) is 6.91. The molecule has 1 nitrogen and oxygen atoms in total. The number of hydrogen-bond acceptors (Lipinski definition) is 3. The lowest BCUT2D eigenvalue weighted by atomic mass is 10.3. The van der Waals surface area contributed by atoms with Gasteiger partial charge in [0.1, 0.15) is 0 Å². The van der Waals surface area contributed by atoms with Crippen molar-refractivity contribution < 1.29 is 0 Å². The molecule has 11 heavy (non-hydrogen) atoms. The SMILES string of the molecule is C=S.S=C=Nc1ccccc1. The number of isothiocyanates is 1. The molecule has 56 valence electrons. The summed E-state index contributed by atoms with van der Waals surface area (Å²) in [4.78, 5) is 3.77. The van der Waals surface area contributed by atoms with Crippen molar-refractivity contribution in [2.24, 2.45) is 4.99 Å². The number of benzene rings is 1. The maximum Gasteiger partial charge on any atom is 0.0739 e. The summed E-state index contributed by atoms with van der Waals surface area (Å²) >= 11 is 8.25.